The molecule has 2 aliphatic heterocycles. The van der Waals surface area contributed by atoms with Gasteiger partial charge in [-0.15, -0.1) is 0 Å². The smallest absolute Gasteiger partial charge is 0.123 e. The van der Waals surface area contributed by atoms with Crippen LogP contribution in [0, 0.1) is 5.82 Å². The molecule has 2 nitrogen and oxygen atoms in total. The molecular formula is C16H23FN2. The van der Waals surface area contributed by atoms with E-state index in [9.17, 15) is 4.39 Å². The zero-order chi connectivity index (χ0) is 13.1. The minimum atomic E-state index is -0.130. The molecule has 1 aromatic rings. The number of nitrogens with zero attached hydrogens (tertiary/aromatic N) is 1. The summed E-state index contributed by atoms with van der Waals surface area (Å²) in [7, 11) is 0. The molecule has 2 heterocycles. The molecular weight excluding hydrogens is 239 g/mol. The normalized spacial score (nSPS) is 25.2. The van der Waals surface area contributed by atoms with Crippen LogP contribution < -0.4 is 5.32 Å². The molecule has 0 aliphatic carbocycles. The van der Waals surface area contributed by atoms with Gasteiger partial charge in [-0.2, -0.15) is 0 Å². The van der Waals surface area contributed by atoms with Gasteiger partial charge in [-0.25, -0.2) is 4.39 Å². The van der Waals surface area contributed by atoms with Crippen LogP contribution >= 0.6 is 0 Å². The van der Waals surface area contributed by atoms with Crippen molar-refractivity contribution in [2.24, 2.45) is 0 Å². The van der Waals surface area contributed by atoms with Gasteiger partial charge in [0.1, 0.15) is 5.82 Å². The van der Waals surface area contributed by atoms with E-state index in [4.69, 9.17) is 0 Å². The third-order valence-electron chi connectivity index (χ3n) is 4.65. The summed E-state index contributed by atoms with van der Waals surface area (Å²) >= 11 is 0. The summed E-state index contributed by atoms with van der Waals surface area (Å²) in [4.78, 5) is 2.58. The zero-order valence-electron chi connectivity index (χ0n) is 11.4. The first-order valence-corrected chi connectivity index (χ1v) is 7.52. The first kappa shape index (κ1) is 13.1. The van der Waals surface area contributed by atoms with Crippen LogP contribution in [0.1, 0.15) is 37.2 Å². The topological polar surface area (TPSA) is 15.3 Å². The second-order valence-corrected chi connectivity index (χ2v) is 5.90. The Hall–Kier alpha value is -0.930. The molecule has 3 heteroatoms. The number of piperidine rings is 1. The second-order valence-electron chi connectivity index (χ2n) is 5.90. The highest BCUT2D eigenvalue weighted by Gasteiger charge is 2.22. The molecule has 2 saturated heterocycles. The van der Waals surface area contributed by atoms with Gasteiger partial charge in [0.05, 0.1) is 0 Å². The predicted molar refractivity (Wildman–Crippen MR) is 75.8 cm³/mol. The van der Waals surface area contributed by atoms with E-state index < -0.39 is 0 Å². The monoisotopic (exact) mass is 262 g/mol. The van der Waals surface area contributed by atoms with Gasteiger partial charge in [-0.05, 0) is 75.5 Å². The minimum absolute atomic E-state index is 0.130. The lowest BCUT2D eigenvalue weighted by Gasteiger charge is -2.35. The SMILES string of the molecule is Fc1ccc(C2CCN(CCC3CCN3)CC2)cc1. The molecule has 0 bridgehead atoms. The summed E-state index contributed by atoms with van der Waals surface area (Å²) in [6, 6.07) is 7.85. The Bertz CT molecular complexity index is 392. The van der Waals surface area contributed by atoms with Gasteiger partial charge in [-0.3, -0.25) is 0 Å². The number of hydrogen-bond acceptors (Lipinski definition) is 2. The molecule has 0 saturated carbocycles. The Labute approximate surface area is 115 Å². The van der Waals surface area contributed by atoms with Crippen LogP contribution in [0.5, 0.6) is 0 Å². The second kappa shape index (κ2) is 6.02. The molecule has 1 aromatic carbocycles. The van der Waals surface area contributed by atoms with E-state index in [2.05, 4.69) is 10.2 Å². The molecule has 1 unspecified atom stereocenters. The van der Waals surface area contributed by atoms with Crippen molar-refractivity contribution >= 4 is 0 Å². The van der Waals surface area contributed by atoms with Gasteiger partial charge in [0, 0.05) is 6.04 Å². The highest BCUT2D eigenvalue weighted by molar-refractivity contribution is 5.21. The van der Waals surface area contributed by atoms with E-state index in [-0.39, 0.29) is 5.82 Å². The molecule has 2 aliphatic rings. The fraction of sp³-hybridized carbons (Fsp3) is 0.625. The fourth-order valence-electron chi connectivity index (χ4n) is 3.16. The largest absolute Gasteiger partial charge is 0.314 e. The molecule has 1 N–H and O–H groups in total. The van der Waals surface area contributed by atoms with Crippen molar-refractivity contribution in [2.75, 3.05) is 26.2 Å². The van der Waals surface area contributed by atoms with E-state index in [0.29, 0.717) is 5.92 Å². The van der Waals surface area contributed by atoms with Gasteiger partial charge in [-0.1, -0.05) is 12.1 Å². The van der Waals surface area contributed by atoms with E-state index in [1.54, 1.807) is 12.1 Å². The summed E-state index contributed by atoms with van der Waals surface area (Å²) in [6.07, 6.45) is 5.07. The van der Waals surface area contributed by atoms with Crippen LogP contribution in [0.3, 0.4) is 0 Å². The summed E-state index contributed by atoms with van der Waals surface area (Å²) in [5.74, 6) is 0.493. The van der Waals surface area contributed by atoms with Crippen molar-refractivity contribution in [1.82, 2.24) is 10.2 Å². The standard InChI is InChI=1S/C16H23FN2/c17-15-3-1-13(2-4-15)14-6-10-19(11-7-14)12-8-16-5-9-18-16/h1-4,14,16,18H,5-12H2. The quantitative estimate of drug-likeness (QED) is 0.897. The van der Waals surface area contributed by atoms with Crippen LogP contribution in [0.15, 0.2) is 24.3 Å². The third-order valence-corrected chi connectivity index (χ3v) is 4.65. The maximum atomic E-state index is 12.9. The van der Waals surface area contributed by atoms with Crippen molar-refractivity contribution < 1.29 is 4.39 Å². The Morgan fingerprint density at radius 1 is 1.11 bits per heavy atom. The highest BCUT2D eigenvalue weighted by Crippen LogP contribution is 2.28. The fourth-order valence-corrected chi connectivity index (χ4v) is 3.16. The van der Waals surface area contributed by atoms with Gasteiger partial charge in [0.15, 0.2) is 0 Å². The summed E-state index contributed by atoms with van der Waals surface area (Å²) < 4.78 is 12.9. The summed E-state index contributed by atoms with van der Waals surface area (Å²) in [6.45, 7) is 4.81. The van der Waals surface area contributed by atoms with Crippen molar-refractivity contribution in [2.45, 2.75) is 37.6 Å². The van der Waals surface area contributed by atoms with E-state index in [0.717, 1.165) is 6.04 Å². The predicted octanol–water partition coefficient (Wildman–Crippen LogP) is 2.76. The molecule has 104 valence electrons. The molecule has 0 amide bonds. The Kier molecular flexibility index (Phi) is 4.14. The number of likely N-dealkylation sites (tertiary alicyclic amines) is 1. The molecule has 0 aromatic heterocycles. The lowest BCUT2D eigenvalue weighted by atomic mass is 9.89. The Morgan fingerprint density at radius 3 is 2.37 bits per heavy atom. The lowest BCUT2D eigenvalue weighted by molar-refractivity contribution is 0.192. The molecule has 2 fully saturated rings. The highest BCUT2D eigenvalue weighted by atomic mass is 19.1. The first-order valence-electron chi connectivity index (χ1n) is 7.52. The van der Waals surface area contributed by atoms with E-state index >= 15 is 0 Å². The van der Waals surface area contributed by atoms with Crippen LogP contribution in [0.25, 0.3) is 0 Å². The minimum Gasteiger partial charge on any atom is -0.314 e. The van der Waals surface area contributed by atoms with Gasteiger partial charge >= 0.3 is 0 Å². The Balaban J connectivity index is 1.44. The maximum Gasteiger partial charge on any atom is 0.123 e. The average Bonchev–Trinajstić information content (AvgIpc) is 2.39. The third kappa shape index (κ3) is 3.34. The number of nitrogens with one attached hydrogen (secondary N) is 1. The lowest BCUT2D eigenvalue weighted by Crippen LogP contribution is -2.45. The van der Waals surface area contributed by atoms with Crippen LogP contribution in [0.2, 0.25) is 0 Å². The van der Waals surface area contributed by atoms with E-state index in [1.165, 1.54) is 57.4 Å². The molecule has 19 heavy (non-hydrogen) atoms. The summed E-state index contributed by atoms with van der Waals surface area (Å²) in [5.41, 5.74) is 1.31. The maximum absolute atomic E-state index is 12.9. The van der Waals surface area contributed by atoms with Crippen molar-refractivity contribution in [3.05, 3.63) is 35.6 Å². The van der Waals surface area contributed by atoms with Crippen LogP contribution in [0.4, 0.5) is 4.39 Å². The molecule has 1 atom stereocenters. The molecule has 0 radical (unpaired) electrons. The van der Waals surface area contributed by atoms with Gasteiger partial charge in [0.25, 0.3) is 0 Å². The molecule has 0 spiro atoms. The van der Waals surface area contributed by atoms with Gasteiger partial charge in [0.2, 0.25) is 0 Å². The van der Waals surface area contributed by atoms with Crippen LogP contribution in [-0.2, 0) is 0 Å². The van der Waals surface area contributed by atoms with E-state index in [1.807, 2.05) is 12.1 Å². The number of halogens is 1. The van der Waals surface area contributed by atoms with Crippen molar-refractivity contribution in [3.8, 4) is 0 Å². The number of rotatable bonds is 4. The zero-order valence-corrected chi connectivity index (χ0v) is 11.4. The van der Waals surface area contributed by atoms with Crippen molar-refractivity contribution in [1.29, 1.82) is 0 Å². The first-order chi connectivity index (χ1) is 9.31. The molecule has 3 rings (SSSR count). The summed E-state index contributed by atoms with van der Waals surface area (Å²) in [5, 5.41) is 3.46. The number of benzene rings is 1. The average molecular weight is 262 g/mol. The Morgan fingerprint density at radius 2 is 1.79 bits per heavy atom. The van der Waals surface area contributed by atoms with Crippen LogP contribution in [-0.4, -0.2) is 37.1 Å². The van der Waals surface area contributed by atoms with Gasteiger partial charge < -0.3 is 10.2 Å². The number of hydrogen-bond donors (Lipinski definition) is 1. The van der Waals surface area contributed by atoms with Crippen molar-refractivity contribution in [3.63, 3.8) is 0 Å².